The summed E-state index contributed by atoms with van der Waals surface area (Å²) in [4.78, 5) is 12.1. The molecule has 0 atom stereocenters. The minimum Gasteiger partial charge on any atom is -0.371 e. The van der Waals surface area contributed by atoms with Gasteiger partial charge in [-0.1, -0.05) is 13.8 Å². The van der Waals surface area contributed by atoms with E-state index in [0.29, 0.717) is 12.5 Å². The third-order valence-corrected chi connectivity index (χ3v) is 3.38. The molecule has 1 aliphatic heterocycles. The second-order valence-corrected chi connectivity index (χ2v) is 4.91. The lowest BCUT2D eigenvalue weighted by Gasteiger charge is -2.19. The van der Waals surface area contributed by atoms with Crippen LogP contribution in [0.5, 0.6) is 0 Å². The number of nitrogens with one attached hydrogen (secondary N) is 1. The van der Waals surface area contributed by atoms with E-state index in [-0.39, 0.29) is 5.56 Å². The molecule has 1 aliphatic rings. The predicted octanol–water partition coefficient (Wildman–Crippen LogP) is 1.64. The van der Waals surface area contributed by atoms with Gasteiger partial charge in [0, 0.05) is 31.3 Å². The van der Waals surface area contributed by atoms with Crippen LogP contribution in [0.2, 0.25) is 0 Å². The number of aromatic nitrogens is 1. The summed E-state index contributed by atoms with van der Waals surface area (Å²) in [5.74, 6) is 1.28. The normalized spacial score (nSPS) is 15.3. The summed E-state index contributed by atoms with van der Waals surface area (Å²) in [6.45, 7) is 6.40. The molecule has 0 saturated heterocycles. The molecule has 4 nitrogen and oxygen atoms in total. The highest BCUT2D eigenvalue weighted by atomic mass is 16.1. The first-order chi connectivity index (χ1) is 8.15. The van der Waals surface area contributed by atoms with Gasteiger partial charge in [0.25, 0.3) is 5.56 Å². The molecule has 0 aromatic carbocycles. The maximum absolute atomic E-state index is 12.1. The van der Waals surface area contributed by atoms with E-state index in [1.54, 1.807) is 6.07 Å². The highest BCUT2D eigenvalue weighted by molar-refractivity contribution is 5.51. The molecule has 1 aromatic rings. The third kappa shape index (κ3) is 2.22. The Morgan fingerprint density at radius 2 is 2.24 bits per heavy atom. The summed E-state index contributed by atoms with van der Waals surface area (Å²) in [6.07, 6.45) is 2.15. The predicted molar refractivity (Wildman–Crippen MR) is 70.4 cm³/mol. The Kier molecular flexibility index (Phi) is 3.52. The lowest BCUT2D eigenvalue weighted by atomic mass is 9.98. The first-order valence-electron chi connectivity index (χ1n) is 6.35. The Hall–Kier alpha value is -1.29. The van der Waals surface area contributed by atoms with Crippen LogP contribution in [0.3, 0.4) is 0 Å². The largest absolute Gasteiger partial charge is 0.371 e. The van der Waals surface area contributed by atoms with Crippen molar-refractivity contribution in [1.29, 1.82) is 0 Å². The fourth-order valence-electron chi connectivity index (χ4n) is 2.46. The number of rotatable bonds is 2. The topological polar surface area (TPSA) is 60.0 Å². The molecule has 0 aliphatic carbocycles. The molecule has 0 spiro atoms. The van der Waals surface area contributed by atoms with E-state index in [1.807, 2.05) is 4.57 Å². The van der Waals surface area contributed by atoms with Crippen LogP contribution in [0.25, 0.3) is 0 Å². The molecule has 0 radical (unpaired) electrons. The molecule has 4 heteroatoms. The molecule has 2 heterocycles. The average Bonchev–Trinajstić information content (AvgIpc) is 2.54. The number of pyridine rings is 1. The molecule has 0 saturated carbocycles. The summed E-state index contributed by atoms with van der Waals surface area (Å²) < 4.78 is 1.83. The van der Waals surface area contributed by atoms with Gasteiger partial charge in [-0.2, -0.15) is 0 Å². The zero-order valence-electron chi connectivity index (χ0n) is 10.6. The van der Waals surface area contributed by atoms with Crippen LogP contribution in [0.15, 0.2) is 10.9 Å². The summed E-state index contributed by atoms with van der Waals surface area (Å²) >= 11 is 0. The van der Waals surface area contributed by atoms with Crippen molar-refractivity contribution in [3.8, 4) is 0 Å². The molecule has 17 heavy (non-hydrogen) atoms. The molecular formula is C13H21N3O. The minimum absolute atomic E-state index is 0.0929. The van der Waals surface area contributed by atoms with E-state index < -0.39 is 0 Å². The van der Waals surface area contributed by atoms with Gasteiger partial charge in [-0.15, -0.1) is 0 Å². The highest BCUT2D eigenvalue weighted by Crippen LogP contribution is 2.25. The van der Waals surface area contributed by atoms with Crippen LogP contribution in [-0.4, -0.2) is 11.1 Å². The number of hydrogen-bond acceptors (Lipinski definition) is 3. The average molecular weight is 235 g/mol. The zero-order chi connectivity index (χ0) is 12.4. The molecule has 0 amide bonds. The molecule has 2 rings (SSSR count). The lowest BCUT2D eigenvalue weighted by Crippen LogP contribution is -2.25. The first kappa shape index (κ1) is 12.2. The maximum atomic E-state index is 12.1. The zero-order valence-corrected chi connectivity index (χ0v) is 10.6. The van der Waals surface area contributed by atoms with Crippen LogP contribution in [0.4, 0.5) is 5.82 Å². The van der Waals surface area contributed by atoms with Gasteiger partial charge in [0.05, 0.1) is 0 Å². The Balaban J connectivity index is 2.64. The van der Waals surface area contributed by atoms with Gasteiger partial charge < -0.3 is 11.1 Å². The molecular weight excluding hydrogens is 214 g/mol. The fraction of sp³-hybridized carbons (Fsp3) is 0.615. The van der Waals surface area contributed by atoms with E-state index in [1.165, 1.54) is 0 Å². The van der Waals surface area contributed by atoms with Gasteiger partial charge in [0.1, 0.15) is 5.82 Å². The molecule has 0 fully saturated rings. The number of nitrogens with zero attached hydrogens (tertiary/aromatic N) is 1. The summed E-state index contributed by atoms with van der Waals surface area (Å²) in [5, 5.41) is 3.36. The first-order valence-corrected chi connectivity index (χ1v) is 6.35. The standard InChI is InChI=1S/C13H21N3O/c1-9(2)10-7-12(17)16-6-4-3-5-15-13(16)11(10)8-14/h7,9,15H,3-6,8,14H2,1-2H3. The Morgan fingerprint density at radius 3 is 2.88 bits per heavy atom. The van der Waals surface area contributed by atoms with Gasteiger partial charge >= 0.3 is 0 Å². The van der Waals surface area contributed by atoms with Gasteiger partial charge in [-0.25, -0.2) is 0 Å². The Bertz CT molecular complexity index is 462. The van der Waals surface area contributed by atoms with E-state index in [4.69, 9.17) is 5.73 Å². The molecule has 0 bridgehead atoms. The van der Waals surface area contributed by atoms with Gasteiger partial charge in [-0.3, -0.25) is 9.36 Å². The molecule has 3 N–H and O–H groups in total. The van der Waals surface area contributed by atoms with Gasteiger partial charge in [-0.05, 0) is 24.3 Å². The minimum atomic E-state index is 0.0929. The molecule has 94 valence electrons. The van der Waals surface area contributed by atoms with Gasteiger partial charge in [0.15, 0.2) is 0 Å². The van der Waals surface area contributed by atoms with Crippen molar-refractivity contribution in [2.75, 3.05) is 11.9 Å². The summed E-state index contributed by atoms with van der Waals surface area (Å²) in [5.41, 5.74) is 8.13. The second kappa shape index (κ2) is 4.92. The second-order valence-electron chi connectivity index (χ2n) is 4.91. The van der Waals surface area contributed by atoms with Gasteiger partial charge in [0.2, 0.25) is 0 Å². The Labute approximate surface area is 102 Å². The van der Waals surface area contributed by atoms with Crippen LogP contribution in [0.1, 0.15) is 43.7 Å². The third-order valence-electron chi connectivity index (χ3n) is 3.38. The fourth-order valence-corrected chi connectivity index (χ4v) is 2.46. The monoisotopic (exact) mass is 235 g/mol. The van der Waals surface area contributed by atoms with Crippen LogP contribution in [-0.2, 0) is 13.1 Å². The molecule has 1 aromatic heterocycles. The number of anilines is 1. The van der Waals surface area contributed by atoms with Crippen molar-refractivity contribution in [3.63, 3.8) is 0 Å². The summed E-state index contributed by atoms with van der Waals surface area (Å²) in [6, 6.07) is 1.75. The van der Waals surface area contributed by atoms with Crippen molar-refractivity contribution < 1.29 is 0 Å². The lowest BCUT2D eigenvalue weighted by molar-refractivity contribution is 0.631. The van der Waals surface area contributed by atoms with Crippen molar-refractivity contribution in [1.82, 2.24) is 4.57 Å². The quantitative estimate of drug-likeness (QED) is 0.819. The van der Waals surface area contributed by atoms with Crippen LogP contribution < -0.4 is 16.6 Å². The smallest absolute Gasteiger partial charge is 0.252 e. The van der Waals surface area contributed by atoms with Crippen molar-refractivity contribution >= 4 is 5.82 Å². The van der Waals surface area contributed by atoms with E-state index in [2.05, 4.69) is 19.2 Å². The van der Waals surface area contributed by atoms with Crippen molar-refractivity contribution in [2.45, 2.75) is 45.7 Å². The highest BCUT2D eigenvalue weighted by Gasteiger charge is 2.17. The SMILES string of the molecule is CC(C)c1cc(=O)n2c(c1CN)NCCCC2. The number of fused-ring (bicyclic) bond motifs is 1. The number of hydrogen-bond donors (Lipinski definition) is 2. The summed E-state index contributed by atoms with van der Waals surface area (Å²) in [7, 11) is 0. The van der Waals surface area contributed by atoms with Crippen molar-refractivity contribution in [3.05, 3.63) is 27.5 Å². The van der Waals surface area contributed by atoms with E-state index in [9.17, 15) is 4.79 Å². The van der Waals surface area contributed by atoms with E-state index in [0.717, 1.165) is 42.9 Å². The van der Waals surface area contributed by atoms with E-state index >= 15 is 0 Å². The maximum Gasteiger partial charge on any atom is 0.252 e. The van der Waals surface area contributed by atoms with Crippen LogP contribution >= 0.6 is 0 Å². The van der Waals surface area contributed by atoms with Crippen LogP contribution in [0, 0.1) is 0 Å². The number of nitrogens with two attached hydrogens (primary N) is 1. The Morgan fingerprint density at radius 1 is 1.47 bits per heavy atom. The van der Waals surface area contributed by atoms with Crippen molar-refractivity contribution in [2.24, 2.45) is 5.73 Å². The molecule has 0 unspecified atom stereocenters.